The van der Waals surface area contributed by atoms with Crippen LogP contribution in [-0.4, -0.2) is 16.9 Å². The zero-order chi connectivity index (χ0) is 18.8. The second-order valence-electron chi connectivity index (χ2n) is 4.57. The number of urea groups is 1. The lowest BCUT2D eigenvalue weighted by Gasteiger charge is -2.11. The van der Waals surface area contributed by atoms with Crippen molar-refractivity contribution in [3.05, 3.63) is 58.4 Å². The molecular weight excluding hydrogens is 373 g/mol. The molecule has 2 aromatic rings. The molecule has 0 bridgehead atoms. The molecule has 0 aliphatic heterocycles. The van der Waals surface area contributed by atoms with Crippen molar-refractivity contribution < 1.29 is 31.5 Å². The fourth-order valence-electron chi connectivity index (χ4n) is 1.76. The standard InChI is InChI=1S/C14H7ClF5N3O2/c15-11-7(14(18,19)20)4-6(5-21-11)22-13(25)23-12(24)10-8(16)2-1-3-9(10)17/h1-5H,(H2,22,23,24,25). The van der Waals surface area contributed by atoms with E-state index in [9.17, 15) is 31.5 Å². The maximum Gasteiger partial charge on any atom is 0.419 e. The van der Waals surface area contributed by atoms with Crippen molar-refractivity contribution in [2.75, 3.05) is 5.32 Å². The number of benzene rings is 1. The summed E-state index contributed by atoms with van der Waals surface area (Å²) in [6, 6.07) is 1.79. The largest absolute Gasteiger partial charge is 0.419 e. The highest BCUT2D eigenvalue weighted by molar-refractivity contribution is 6.30. The zero-order valence-corrected chi connectivity index (χ0v) is 12.7. The number of anilines is 1. The normalized spacial score (nSPS) is 11.1. The predicted octanol–water partition coefficient (Wildman–Crippen LogP) is 3.99. The summed E-state index contributed by atoms with van der Waals surface area (Å²) in [6.07, 6.45) is -4.00. The number of alkyl halides is 3. The number of amides is 3. The van der Waals surface area contributed by atoms with Crippen molar-refractivity contribution in [1.29, 1.82) is 0 Å². The van der Waals surface area contributed by atoms with Crippen molar-refractivity contribution in [2.45, 2.75) is 6.18 Å². The predicted molar refractivity (Wildman–Crippen MR) is 77.1 cm³/mol. The lowest BCUT2D eigenvalue weighted by atomic mass is 10.2. The van der Waals surface area contributed by atoms with E-state index in [0.29, 0.717) is 6.07 Å². The van der Waals surface area contributed by atoms with Crippen LogP contribution in [0.5, 0.6) is 0 Å². The monoisotopic (exact) mass is 379 g/mol. The van der Waals surface area contributed by atoms with E-state index < -0.39 is 51.7 Å². The van der Waals surface area contributed by atoms with Crippen LogP contribution in [0.3, 0.4) is 0 Å². The fraction of sp³-hybridized carbons (Fsp3) is 0.0714. The van der Waals surface area contributed by atoms with Gasteiger partial charge in [-0.3, -0.25) is 10.1 Å². The molecule has 0 unspecified atom stereocenters. The first-order valence-corrected chi connectivity index (χ1v) is 6.76. The van der Waals surface area contributed by atoms with E-state index in [1.165, 1.54) is 0 Å². The number of nitrogens with zero attached hydrogens (tertiary/aromatic N) is 1. The molecule has 0 atom stereocenters. The summed E-state index contributed by atoms with van der Waals surface area (Å²) in [6.45, 7) is 0. The average molecular weight is 380 g/mol. The molecule has 0 aliphatic rings. The number of pyridine rings is 1. The van der Waals surface area contributed by atoms with Gasteiger partial charge < -0.3 is 5.32 Å². The van der Waals surface area contributed by atoms with Gasteiger partial charge in [-0.15, -0.1) is 0 Å². The van der Waals surface area contributed by atoms with E-state index in [-0.39, 0.29) is 0 Å². The van der Waals surface area contributed by atoms with Gasteiger partial charge in [0.2, 0.25) is 0 Å². The van der Waals surface area contributed by atoms with Crippen LogP contribution < -0.4 is 10.6 Å². The Bertz CT molecular complexity index is 821. The van der Waals surface area contributed by atoms with E-state index >= 15 is 0 Å². The third-order valence-corrected chi connectivity index (χ3v) is 3.12. The Morgan fingerprint density at radius 1 is 1.12 bits per heavy atom. The quantitative estimate of drug-likeness (QED) is 0.612. The van der Waals surface area contributed by atoms with Crippen LogP contribution in [-0.2, 0) is 6.18 Å². The molecule has 0 spiro atoms. The average Bonchev–Trinajstić information content (AvgIpc) is 2.47. The van der Waals surface area contributed by atoms with Gasteiger partial charge in [0.05, 0.1) is 17.4 Å². The Morgan fingerprint density at radius 2 is 1.72 bits per heavy atom. The van der Waals surface area contributed by atoms with Crippen LogP contribution in [0, 0.1) is 11.6 Å². The third kappa shape index (κ3) is 4.41. The number of rotatable bonds is 2. The summed E-state index contributed by atoms with van der Waals surface area (Å²) in [5.41, 5.74) is -2.75. The minimum atomic E-state index is -4.82. The topological polar surface area (TPSA) is 71.1 Å². The molecule has 11 heteroatoms. The second kappa shape index (κ2) is 7.01. The van der Waals surface area contributed by atoms with Gasteiger partial charge in [0, 0.05) is 0 Å². The minimum Gasteiger partial charge on any atom is -0.306 e. The lowest BCUT2D eigenvalue weighted by molar-refractivity contribution is -0.137. The fourth-order valence-corrected chi connectivity index (χ4v) is 1.97. The molecule has 1 aromatic carbocycles. The van der Waals surface area contributed by atoms with Gasteiger partial charge in [-0.2, -0.15) is 13.2 Å². The van der Waals surface area contributed by atoms with Crippen molar-refractivity contribution in [2.24, 2.45) is 0 Å². The molecule has 1 heterocycles. The molecule has 0 fully saturated rings. The molecule has 2 N–H and O–H groups in total. The summed E-state index contributed by atoms with van der Waals surface area (Å²) in [5.74, 6) is -3.83. The Labute approximate surface area is 141 Å². The van der Waals surface area contributed by atoms with E-state index in [2.05, 4.69) is 4.98 Å². The molecule has 25 heavy (non-hydrogen) atoms. The smallest absolute Gasteiger partial charge is 0.306 e. The van der Waals surface area contributed by atoms with Gasteiger partial charge in [-0.05, 0) is 18.2 Å². The van der Waals surface area contributed by atoms with E-state index in [1.54, 1.807) is 5.32 Å². The number of halogens is 6. The zero-order valence-electron chi connectivity index (χ0n) is 11.9. The Morgan fingerprint density at radius 3 is 2.28 bits per heavy atom. The molecule has 3 amide bonds. The van der Waals surface area contributed by atoms with Crippen LogP contribution in [0.25, 0.3) is 0 Å². The molecule has 5 nitrogen and oxygen atoms in total. The van der Waals surface area contributed by atoms with Crippen molar-refractivity contribution in [3.8, 4) is 0 Å². The second-order valence-corrected chi connectivity index (χ2v) is 4.92. The summed E-state index contributed by atoms with van der Waals surface area (Å²) in [5, 5.41) is 2.64. The highest BCUT2D eigenvalue weighted by Crippen LogP contribution is 2.34. The molecule has 0 saturated carbocycles. The van der Waals surface area contributed by atoms with E-state index in [4.69, 9.17) is 11.6 Å². The van der Waals surface area contributed by atoms with Crippen molar-refractivity contribution in [3.63, 3.8) is 0 Å². The first kappa shape index (κ1) is 18.6. The van der Waals surface area contributed by atoms with Gasteiger partial charge in [-0.25, -0.2) is 18.6 Å². The van der Waals surface area contributed by atoms with Gasteiger partial charge >= 0.3 is 12.2 Å². The van der Waals surface area contributed by atoms with Crippen LogP contribution in [0.1, 0.15) is 15.9 Å². The van der Waals surface area contributed by atoms with Gasteiger partial charge in [-0.1, -0.05) is 17.7 Å². The van der Waals surface area contributed by atoms with Crippen LogP contribution in [0.2, 0.25) is 5.15 Å². The number of carbonyl (C=O) groups excluding carboxylic acids is 2. The number of carbonyl (C=O) groups is 2. The summed E-state index contributed by atoms with van der Waals surface area (Å²) in [7, 11) is 0. The molecular formula is C14H7ClF5N3O2. The molecule has 0 aliphatic carbocycles. The molecule has 0 radical (unpaired) electrons. The maximum atomic E-state index is 13.4. The Hall–Kier alpha value is -2.75. The number of aromatic nitrogens is 1. The number of nitrogens with one attached hydrogen (secondary N) is 2. The van der Waals surface area contributed by atoms with Gasteiger partial charge in [0.25, 0.3) is 5.91 Å². The first-order chi connectivity index (χ1) is 11.6. The molecule has 1 aromatic heterocycles. The van der Waals surface area contributed by atoms with Crippen LogP contribution >= 0.6 is 11.6 Å². The first-order valence-electron chi connectivity index (χ1n) is 6.38. The minimum absolute atomic E-state index is 0.434. The Kier molecular flexibility index (Phi) is 5.21. The third-order valence-electron chi connectivity index (χ3n) is 2.82. The summed E-state index contributed by atoms with van der Waals surface area (Å²) >= 11 is 5.32. The summed E-state index contributed by atoms with van der Waals surface area (Å²) < 4.78 is 64.9. The maximum absolute atomic E-state index is 13.4. The van der Waals surface area contributed by atoms with Crippen molar-refractivity contribution in [1.82, 2.24) is 10.3 Å². The Balaban J connectivity index is 2.14. The highest BCUT2D eigenvalue weighted by Gasteiger charge is 2.34. The van der Waals surface area contributed by atoms with Crippen LogP contribution in [0.4, 0.5) is 32.4 Å². The number of hydrogen-bond donors (Lipinski definition) is 2. The molecule has 2 rings (SSSR count). The number of hydrogen-bond acceptors (Lipinski definition) is 3. The van der Waals surface area contributed by atoms with Gasteiger partial charge in [0.15, 0.2) is 0 Å². The van der Waals surface area contributed by atoms with Gasteiger partial charge in [0.1, 0.15) is 22.4 Å². The lowest BCUT2D eigenvalue weighted by Crippen LogP contribution is -2.35. The van der Waals surface area contributed by atoms with Crippen molar-refractivity contribution >= 4 is 29.2 Å². The highest BCUT2D eigenvalue weighted by atomic mass is 35.5. The molecule has 0 saturated heterocycles. The van der Waals surface area contributed by atoms with Crippen LogP contribution in [0.15, 0.2) is 30.5 Å². The molecule has 132 valence electrons. The van der Waals surface area contributed by atoms with E-state index in [0.717, 1.165) is 24.4 Å². The van der Waals surface area contributed by atoms with E-state index in [1.807, 2.05) is 5.32 Å². The number of imide groups is 1. The summed E-state index contributed by atoms with van der Waals surface area (Å²) in [4.78, 5) is 26.6. The SMILES string of the molecule is O=C(NC(=O)c1c(F)cccc1F)Nc1cnc(Cl)c(C(F)(F)F)c1.